The van der Waals surface area contributed by atoms with Gasteiger partial charge in [0.2, 0.25) is 0 Å². The van der Waals surface area contributed by atoms with Crippen molar-refractivity contribution in [1.29, 1.82) is 5.26 Å². The maximum atomic E-state index is 11.6. The minimum absolute atomic E-state index is 0.256. The van der Waals surface area contributed by atoms with Crippen LogP contribution in [-0.2, 0) is 9.59 Å². The van der Waals surface area contributed by atoms with Crippen molar-refractivity contribution in [2.45, 2.75) is 0 Å². The fraction of sp³-hybridized carbons (Fsp3) is 0.0625. The van der Waals surface area contributed by atoms with Crippen LogP contribution < -0.4 is 15.6 Å². The average molecular weight is 406 g/mol. The first-order valence-electron chi connectivity index (χ1n) is 6.72. The largest absolute Gasteiger partial charge is 0.484 e. The third-order valence-corrected chi connectivity index (χ3v) is 4.26. The molecule has 2 amide bonds. The number of nitrogens with one attached hydrogen (secondary N) is 2. The predicted molar refractivity (Wildman–Crippen MR) is 94.0 cm³/mol. The maximum Gasteiger partial charge on any atom is 0.276 e. The van der Waals surface area contributed by atoms with Crippen LogP contribution in [0.2, 0.25) is 0 Å². The number of hydrogen-bond donors (Lipinski definition) is 2. The van der Waals surface area contributed by atoms with Gasteiger partial charge >= 0.3 is 0 Å². The second kappa shape index (κ2) is 8.86. The summed E-state index contributed by atoms with van der Waals surface area (Å²) >= 11 is 4.82. The van der Waals surface area contributed by atoms with E-state index in [4.69, 9.17) is 10.00 Å². The predicted octanol–water partition coefficient (Wildman–Crippen LogP) is 2.62. The molecule has 0 unspecified atom stereocenters. The van der Waals surface area contributed by atoms with Crippen LogP contribution in [0.3, 0.4) is 0 Å². The minimum Gasteiger partial charge on any atom is -0.484 e. The molecule has 0 fully saturated rings. The number of rotatable bonds is 5. The number of amides is 2. The molecule has 1 heterocycles. The molecule has 0 aliphatic carbocycles. The first-order valence-corrected chi connectivity index (χ1v) is 8.33. The van der Waals surface area contributed by atoms with Crippen molar-refractivity contribution in [2.75, 3.05) is 6.61 Å². The van der Waals surface area contributed by atoms with E-state index in [0.29, 0.717) is 11.3 Å². The van der Waals surface area contributed by atoms with Gasteiger partial charge in [-0.15, -0.1) is 11.3 Å². The zero-order chi connectivity index (χ0) is 17.4. The van der Waals surface area contributed by atoms with Crippen LogP contribution in [-0.4, -0.2) is 18.4 Å². The lowest BCUT2D eigenvalue weighted by atomic mass is 10.2. The summed E-state index contributed by atoms with van der Waals surface area (Å²) in [5, 5.41) is 8.68. The molecule has 122 valence electrons. The second-order valence-corrected chi connectivity index (χ2v) is 6.93. The number of carbonyl (C=O) groups is 2. The van der Waals surface area contributed by atoms with Crippen LogP contribution in [0.25, 0.3) is 6.08 Å². The van der Waals surface area contributed by atoms with Gasteiger partial charge in [-0.3, -0.25) is 20.4 Å². The quantitative estimate of drug-likeness (QED) is 0.590. The van der Waals surface area contributed by atoms with Gasteiger partial charge < -0.3 is 4.74 Å². The monoisotopic (exact) mass is 405 g/mol. The van der Waals surface area contributed by atoms with E-state index >= 15 is 0 Å². The average Bonchev–Trinajstić information content (AvgIpc) is 3.02. The van der Waals surface area contributed by atoms with Gasteiger partial charge in [-0.25, -0.2) is 0 Å². The van der Waals surface area contributed by atoms with Gasteiger partial charge in [0.15, 0.2) is 6.61 Å². The Morgan fingerprint density at radius 2 is 1.96 bits per heavy atom. The number of thiophene rings is 1. The fourth-order valence-electron chi connectivity index (χ4n) is 1.56. The van der Waals surface area contributed by atoms with Gasteiger partial charge in [-0.2, -0.15) is 5.26 Å². The molecule has 1 aromatic carbocycles. The number of nitrogens with zero attached hydrogens (tertiary/aromatic N) is 1. The Morgan fingerprint density at radius 3 is 2.58 bits per heavy atom. The third kappa shape index (κ3) is 5.87. The summed E-state index contributed by atoms with van der Waals surface area (Å²) in [6.07, 6.45) is 2.96. The van der Waals surface area contributed by atoms with Crippen molar-refractivity contribution in [3.05, 3.63) is 56.7 Å². The molecule has 0 spiro atoms. The van der Waals surface area contributed by atoms with Gasteiger partial charge in [0.1, 0.15) is 5.75 Å². The fourth-order valence-corrected chi connectivity index (χ4v) is 2.89. The van der Waals surface area contributed by atoms with E-state index in [0.717, 1.165) is 8.66 Å². The highest BCUT2D eigenvalue weighted by atomic mass is 79.9. The zero-order valence-electron chi connectivity index (χ0n) is 12.3. The van der Waals surface area contributed by atoms with Crippen LogP contribution in [0.15, 0.2) is 46.3 Å². The SMILES string of the molecule is N#Cc1ccc(OCC(=O)NNC(=O)/C=C/c2ccc(Br)s2)cc1. The highest BCUT2D eigenvalue weighted by Gasteiger charge is 2.04. The molecule has 2 rings (SSSR count). The summed E-state index contributed by atoms with van der Waals surface area (Å²) < 4.78 is 6.21. The molecule has 2 N–H and O–H groups in total. The van der Waals surface area contributed by atoms with Gasteiger partial charge in [-0.05, 0) is 58.4 Å². The Hall–Kier alpha value is -2.63. The van der Waals surface area contributed by atoms with Gasteiger partial charge in [-0.1, -0.05) is 0 Å². The standard InChI is InChI=1S/C16H12BrN3O3S/c17-14-7-5-13(24-14)6-8-15(21)19-20-16(22)10-23-12-3-1-11(9-18)2-4-12/h1-8H,10H2,(H,19,21)(H,20,22)/b8-6+. The molecule has 0 bridgehead atoms. The number of carbonyl (C=O) groups excluding carboxylic acids is 2. The maximum absolute atomic E-state index is 11.6. The summed E-state index contributed by atoms with van der Waals surface area (Å²) in [5.41, 5.74) is 5.01. The van der Waals surface area contributed by atoms with Gasteiger partial charge in [0, 0.05) is 11.0 Å². The van der Waals surface area contributed by atoms with E-state index in [-0.39, 0.29) is 6.61 Å². The molecule has 2 aromatic rings. The van der Waals surface area contributed by atoms with Crippen molar-refractivity contribution in [3.63, 3.8) is 0 Å². The van der Waals surface area contributed by atoms with Crippen LogP contribution in [0.1, 0.15) is 10.4 Å². The first kappa shape index (κ1) is 17.7. The molecule has 0 aliphatic heterocycles. The molecule has 1 aromatic heterocycles. The Bertz CT molecular complexity index is 794. The van der Waals surface area contributed by atoms with E-state index < -0.39 is 11.8 Å². The molecule has 8 heteroatoms. The van der Waals surface area contributed by atoms with Crippen molar-refractivity contribution in [1.82, 2.24) is 10.9 Å². The van der Waals surface area contributed by atoms with Crippen LogP contribution in [0.4, 0.5) is 0 Å². The molecular weight excluding hydrogens is 394 g/mol. The molecule has 6 nitrogen and oxygen atoms in total. The Balaban J connectivity index is 1.71. The Labute approximate surface area is 150 Å². The van der Waals surface area contributed by atoms with E-state index in [2.05, 4.69) is 26.8 Å². The third-order valence-electron chi connectivity index (χ3n) is 2.67. The topological polar surface area (TPSA) is 91.2 Å². The Kier molecular flexibility index (Phi) is 6.54. The summed E-state index contributed by atoms with van der Waals surface area (Å²) in [4.78, 5) is 24.1. The smallest absolute Gasteiger partial charge is 0.276 e. The van der Waals surface area contributed by atoms with Crippen LogP contribution in [0, 0.1) is 11.3 Å². The number of hydrogen-bond acceptors (Lipinski definition) is 5. The van der Waals surface area contributed by atoms with E-state index in [1.807, 2.05) is 18.2 Å². The lowest BCUT2D eigenvalue weighted by Crippen LogP contribution is -2.43. The van der Waals surface area contributed by atoms with Crippen LogP contribution in [0.5, 0.6) is 5.75 Å². The molecule has 0 atom stereocenters. The van der Waals surface area contributed by atoms with E-state index in [1.54, 1.807) is 30.3 Å². The highest BCUT2D eigenvalue weighted by Crippen LogP contribution is 2.22. The number of ether oxygens (including phenoxy) is 1. The van der Waals surface area contributed by atoms with E-state index in [9.17, 15) is 9.59 Å². The lowest BCUT2D eigenvalue weighted by Gasteiger charge is -2.07. The first-order chi connectivity index (χ1) is 11.6. The number of halogens is 1. The molecule has 0 radical (unpaired) electrons. The summed E-state index contributed by atoms with van der Waals surface area (Å²) in [6.45, 7) is -0.256. The van der Waals surface area contributed by atoms with Gasteiger partial charge in [0.05, 0.1) is 15.4 Å². The number of nitriles is 1. The molecule has 0 saturated heterocycles. The minimum atomic E-state index is -0.500. The van der Waals surface area contributed by atoms with E-state index in [1.165, 1.54) is 17.4 Å². The van der Waals surface area contributed by atoms with Crippen molar-refractivity contribution >= 4 is 45.2 Å². The number of benzene rings is 1. The molecule has 0 saturated carbocycles. The normalized spacial score (nSPS) is 10.2. The molecule has 24 heavy (non-hydrogen) atoms. The van der Waals surface area contributed by atoms with Crippen molar-refractivity contribution < 1.29 is 14.3 Å². The summed E-state index contributed by atoms with van der Waals surface area (Å²) in [6, 6.07) is 12.1. The summed E-state index contributed by atoms with van der Waals surface area (Å²) in [7, 11) is 0. The van der Waals surface area contributed by atoms with Crippen molar-refractivity contribution in [3.8, 4) is 11.8 Å². The highest BCUT2D eigenvalue weighted by molar-refractivity contribution is 9.11. The lowest BCUT2D eigenvalue weighted by molar-refractivity contribution is -0.128. The van der Waals surface area contributed by atoms with Crippen LogP contribution >= 0.6 is 27.3 Å². The van der Waals surface area contributed by atoms with Gasteiger partial charge in [0.25, 0.3) is 11.8 Å². The molecular formula is C16H12BrN3O3S. The Morgan fingerprint density at radius 1 is 1.21 bits per heavy atom. The second-order valence-electron chi connectivity index (χ2n) is 4.44. The summed E-state index contributed by atoms with van der Waals surface area (Å²) in [5.74, 6) is -0.495. The number of hydrazine groups is 1. The molecule has 0 aliphatic rings. The van der Waals surface area contributed by atoms with Crippen molar-refractivity contribution in [2.24, 2.45) is 0 Å². The zero-order valence-corrected chi connectivity index (χ0v) is 14.7.